The molecule has 0 bridgehead atoms. The van der Waals surface area contributed by atoms with Crippen molar-refractivity contribution in [2.75, 3.05) is 0 Å². The molecule has 1 aliphatic carbocycles. The quantitative estimate of drug-likeness (QED) is 0.876. The first-order chi connectivity index (χ1) is 9.47. The van der Waals surface area contributed by atoms with E-state index in [0.29, 0.717) is 17.4 Å². The van der Waals surface area contributed by atoms with Crippen molar-refractivity contribution >= 4 is 10.0 Å². The second-order valence-electron chi connectivity index (χ2n) is 5.64. The van der Waals surface area contributed by atoms with Gasteiger partial charge in [-0.3, -0.25) is 0 Å². The minimum absolute atomic E-state index is 0.0164. The van der Waals surface area contributed by atoms with Crippen LogP contribution in [0.25, 0.3) is 0 Å². The lowest BCUT2D eigenvalue weighted by Gasteiger charge is -2.21. The molecular formula is C15H23NO3S. The Balaban J connectivity index is 2.15. The molecule has 0 spiro atoms. The van der Waals surface area contributed by atoms with Gasteiger partial charge in [0.25, 0.3) is 0 Å². The maximum atomic E-state index is 12.4. The van der Waals surface area contributed by atoms with Gasteiger partial charge in [0.15, 0.2) is 0 Å². The molecule has 20 heavy (non-hydrogen) atoms. The first-order valence-electron chi connectivity index (χ1n) is 7.20. The summed E-state index contributed by atoms with van der Waals surface area (Å²) in [6.45, 7) is 4.13. The topological polar surface area (TPSA) is 66.4 Å². The zero-order chi connectivity index (χ0) is 14.8. The van der Waals surface area contributed by atoms with Crippen molar-refractivity contribution in [1.82, 2.24) is 4.72 Å². The van der Waals surface area contributed by atoms with E-state index in [1.165, 1.54) is 6.07 Å². The van der Waals surface area contributed by atoms with Crippen LogP contribution in [-0.2, 0) is 16.6 Å². The van der Waals surface area contributed by atoms with Crippen molar-refractivity contribution in [1.29, 1.82) is 0 Å². The van der Waals surface area contributed by atoms with Crippen LogP contribution in [0.2, 0.25) is 0 Å². The van der Waals surface area contributed by atoms with E-state index in [-0.39, 0.29) is 17.5 Å². The molecule has 0 amide bonds. The number of hydrogen-bond donors (Lipinski definition) is 2. The second kappa shape index (κ2) is 6.24. The number of nitrogens with one attached hydrogen (secondary N) is 1. The number of sulfonamides is 1. The smallest absolute Gasteiger partial charge is 0.240 e. The predicted octanol–water partition coefficient (Wildman–Crippen LogP) is 2.28. The molecular weight excluding hydrogens is 274 g/mol. The fourth-order valence-electron chi connectivity index (χ4n) is 3.07. The van der Waals surface area contributed by atoms with Crippen LogP contribution >= 0.6 is 0 Å². The SMILES string of the molecule is CCC1CCC(NS(=O)(=O)c2cccc(CO)c2)C1C. The van der Waals surface area contributed by atoms with Crippen LogP contribution in [0.15, 0.2) is 29.2 Å². The van der Waals surface area contributed by atoms with Crippen molar-refractivity contribution in [3.63, 3.8) is 0 Å². The van der Waals surface area contributed by atoms with Gasteiger partial charge in [-0.25, -0.2) is 13.1 Å². The Kier molecular flexibility index (Phi) is 4.83. The number of aliphatic hydroxyl groups excluding tert-OH is 1. The van der Waals surface area contributed by atoms with Gasteiger partial charge in [-0.05, 0) is 42.4 Å². The third-order valence-electron chi connectivity index (χ3n) is 4.45. The summed E-state index contributed by atoms with van der Waals surface area (Å²) in [6, 6.07) is 6.48. The van der Waals surface area contributed by atoms with Gasteiger partial charge >= 0.3 is 0 Å². The highest BCUT2D eigenvalue weighted by atomic mass is 32.2. The lowest BCUT2D eigenvalue weighted by Crippen LogP contribution is -2.37. The summed E-state index contributed by atoms with van der Waals surface area (Å²) in [5.41, 5.74) is 0.610. The van der Waals surface area contributed by atoms with Crippen molar-refractivity contribution in [3.05, 3.63) is 29.8 Å². The Morgan fingerprint density at radius 3 is 2.70 bits per heavy atom. The molecule has 1 saturated carbocycles. The highest BCUT2D eigenvalue weighted by Gasteiger charge is 2.34. The summed E-state index contributed by atoms with van der Waals surface area (Å²) >= 11 is 0. The van der Waals surface area contributed by atoms with E-state index in [1.807, 2.05) is 0 Å². The van der Waals surface area contributed by atoms with E-state index in [4.69, 9.17) is 5.11 Å². The molecule has 0 saturated heterocycles. The first-order valence-corrected chi connectivity index (χ1v) is 8.68. The molecule has 1 fully saturated rings. The third-order valence-corrected chi connectivity index (χ3v) is 5.94. The van der Waals surface area contributed by atoms with Crippen LogP contribution in [0.4, 0.5) is 0 Å². The number of benzene rings is 1. The molecule has 0 radical (unpaired) electrons. The monoisotopic (exact) mass is 297 g/mol. The minimum Gasteiger partial charge on any atom is -0.392 e. The van der Waals surface area contributed by atoms with Crippen LogP contribution in [-0.4, -0.2) is 19.6 Å². The highest BCUT2D eigenvalue weighted by Crippen LogP contribution is 2.34. The molecule has 3 atom stereocenters. The molecule has 1 aromatic carbocycles. The minimum atomic E-state index is -3.50. The molecule has 3 unspecified atom stereocenters. The summed E-state index contributed by atoms with van der Waals surface area (Å²) in [7, 11) is -3.50. The van der Waals surface area contributed by atoms with Crippen LogP contribution in [0.1, 0.15) is 38.7 Å². The Bertz CT molecular complexity index is 556. The summed E-state index contributed by atoms with van der Waals surface area (Å²) in [4.78, 5) is 0.233. The van der Waals surface area contributed by atoms with Gasteiger partial charge < -0.3 is 5.11 Å². The maximum Gasteiger partial charge on any atom is 0.240 e. The zero-order valence-electron chi connectivity index (χ0n) is 12.0. The second-order valence-corrected chi connectivity index (χ2v) is 7.35. The summed E-state index contributed by atoms with van der Waals surface area (Å²) in [5, 5.41) is 9.11. The van der Waals surface area contributed by atoms with E-state index >= 15 is 0 Å². The number of rotatable bonds is 5. The summed E-state index contributed by atoms with van der Waals surface area (Å²) < 4.78 is 27.6. The van der Waals surface area contributed by atoms with Crippen molar-refractivity contribution in [2.45, 2.75) is 50.7 Å². The van der Waals surface area contributed by atoms with Gasteiger partial charge in [0, 0.05) is 6.04 Å². The van der Waals surface area contributed by atoms with Gasteiger partial charge in [0.05, 0.1) is 11.5 Å². The van der Waals surface area contributed by atoms with Crippen LogP contribution in [0.3, 0.4) is 0 Å². The van der Waals surface area contributed by atoms with Crippen molar-refractivity contribution < 1.29 is 13.5 Å². The molecule has 0 aromatic heterocycles. The number of hydrogen-bond acceptors (Lipinski definition) is 3. The highest BCUT2D eigenvalue weighted by molar-refractivity contribution is 7.89. The standard InChI is InChI=1S/C15H23NO3S/c1-3-13-7-8-15(11(13)2)16-20(18,19)14-6-4-5-12(9-14)10-17/h4-6,9,11,13,15-17H,3,7-8,10H2,1-2H3. The Morgan fingerprint density at radius 1 is 1.35 bits per heavy atom. The lowest BCUT2D eigenvalue weighted by molar-refractivity contribution is 0.281. The average Bonchev–Trinajstić information content (AvgIpc) is 2.79. The van der Waals surface area contributed by atoms with Crippen molar-refractivity contribution in [3.8, 4) is 0 Å². The normalized spacial score (nSPS) is 26.9. The van der Waals surface area contributed by atoms with Gasteiger partial charge in [0.1, 0.15) is 0 Å². The fourth-order valence-corrected chi connectivity index (χ4v) is 4.50. The molecule has 5 heteroatoms. The van der Waals surface area contributed by atoms with Gasteiger partial charge in [-0.1, -0.05) is 32.4 Å². The van der Waals surface area contributed by atoms with E-state index in [0.717, 1.165) is 19.3 Å². The van der Waals surface area contributed by atoms with Gasteiger partial charge in [-0.15, -0.1) is 0 Å². The molecule has 4 nitrogen and oxygen atoms in total. The Morgan fingerprint density at radius 2 is 2.10 bits per heavy atom. The maximum absolute atomic E-state index is 12.4. The van der Waals surface area contributed by atoms with E-state index in [2.05, 4.69) is 18.6 Å². The Labute approximate surface area is 121 Å². The lowest BCUT2D eigenvalue weighted by atomic mass is 9.94. The fraction of sp³-hybridized carbons (Fsp3) is 0.600. The molecule has 2 N–H and O–H groups in total. The van der Waals surface area contributed by atoms with E-state index in [9.17, 15) is 8.42 Å². The predicted molar refractivity (Wildman–Crippen MR) is 78.7 cm³/mol. The van der Waals surface area contributed by atoms with Gasteiger partial charge in [0.2, 0.25) is 10.0 Å². The van der Waals surface area contributed by atoms with E-state index in [1.54, 1.807) is 18.2 Å². The molecule has 0 aliphatic heterocycles. The third kappa shape index (κ3) is 3.22. The molecule has 112 valence electrons. The van der Waals surface area contributed by atoms with Crippen LogP contribution in [0.5, 0.6) is 0 Å². The molecule has 1 aliphatic rings. The van der Waals surface area contributed by atoms with E-state index < -0.39 is 10.0 Å². The zero-order valence-corrected chi connectivity index (χ0v) is 12.9. The number of aliphatic hydroxyl groups is 1. The summed E-state index contributed by atoms with van der Waals surface area (Å²) in [5.74, 6) is 0.974. The van der Waals surface area contributed by atoms with Gasteiger partial charge in [-0.2, -0.15) is 0 Å². The first kappa shape index (κ1) is 15.5. The molecule has 0 heterocycles. The van der Waals surface area contributed by atoms with Crippen LogP contribution in [0, 0.1) is 11.8 Å². The van der Waals surface area contributed by atoms with Crippen LogP contribution < -0.4 is 4.72 Å². The summed E-state index contributed by atoms with van der Waals surface area (Å²) in [6.07, 6.45) is 3.08. The molecule has 2 rings (SSSR count). The average molecular weight is 297 g/mol. The largest absolute Gasteiger partial charge is 0.392 e. The van der Waals surface area contributed by atoms with Crippen molar-refractivity contribution in [2.24, 2.45) is 11.8 Å². The Hall–Kier alpha value is -0.910. The molecule has 1 aromatic rings.